The van der Waals surface area contributed by atoms with Gasteiger partial charge in [-0.3, -0.25) is 14.9 Å². The molecule has 1 aromatic rings. The summed E-state index contributed by atoms with van der Waals surface area (Å²) >= 11 is 0. The van der Waals surface area contributed by atoms with E-state index in [2.05, 4.69) is 5.92 Å². The predicted octanol–water partition coefficient (Wildman–Crippen LogP) is 1.14. The highest BCUT2D eigenvalue weighted by molar-refractivity contribution is 5.78. The Morgan fingerprint density at radius 1 is 1.43 bits per heavy atom. The Hall–Kier alpha value is -2.95. The quantitative estimate of drug-likeness (QED) is 0.457. The molecular weight excluding hydrogens is 280 g/mol. The van der Waals surface area contributed by atoms with Crippen LogP contribution in [0.3, 0.4) is 0 Å². The number of aliphatic carboxylic acids is 1. The van der Waals surface area contributed by atoms with Crippen LogP contribution in [0.25, 0.3) is 0 Å². The van der Waals surface area contributed by atoms with E-state index < -0.39 is 17.4 Å². The van der Waals surface area contributed by atoms with Crippen molar-refractivity contribution in [3.63, 3.8) is 0 Å². The smallest absolute Gasteiger partial charge is 0.323 e. The van der Waals surface area contributed by atoms with E-state index in [1.54, 1.807) is 0 Å². The van der Waals surface area contributed by atoms with Crippen LogP contribution in [-0.4, -0.2) is 43.3 Å². The van der Waals surface area contributed by atoms with Gasteiger partial charge in [0.15, 0.2) is 11.5 Å². The molecule has 0 saturated heterocycles. The standard InChI is InChI=1S/C13H14N2O6/c1-4-5-14(8-13(16)17)9-6-11(20-2)12(21-3)7-10(9)15(18)19/h1,6-7H,5,8H2,2-3H3,(H,16,17). The molecule has 0 fully saturated rings. The molecule has 0 amide bonds. The highest BCUT2D eigenvalue weighted by Gasteiger charge is 2.24. The number of ether oxygens (including phenoxy) is 2. The number of carboxylic acid groups (broad SMARTS) is 1. The van der Waals surface area contributed by atoms with Gasteiger partial charge in [-0.15, -0.1) is 6.42 Å². The van der Waals surface area contributed by atoms with Crippen LogP contribution >= 0.6 is 0 Å². The first kappa shape index (κ1) is 16.1. The van der Waals surface area contributed by atoms with E-state index in [0.717, 1.165) is 0 Å². The zero-order valence-corrected chi connectivity index (χ0v) is 11.5. The van der Waals surface area contributed by atoms with Gasteiger partial charge >= 0.3 is 5.97 Å². The number of rotatable bonds is 7. The number of nitro groups is 1. The van der Waals surface area contributed by atoms with Crippen molar-refractivity contribution >= 4 is 17.3 Å². The van der Waals surface area contributed by atoms with Crippen LogP contribution in [0.2, 0.25) is 0 Å². The number of carboxylic acids is 1. The van der Waals surface area contributed by atoms with Crippen LogP contribution in [0.5, 0.6) is 11.5 Å². The van der Waals surface area contributed by atoms with Gasteiger partial charge in [-0.05, 0) is 0 Å². The van der Waals surface area contributed by atoms with Gasteiger partial charge in [0.1, 0.15) is 12.2 Å². The summed E-state index contributed by atoms with van der Waals surface area (Å²) in [6.07, 6.45) is 5.18. The summed E-state index contributed by atoms with van der Waals surface area (Å²) in [5.41, 5.74) is -0.262. The fourth-order valence-corrected chi connectivity index (χ4v) is 1.76. The van der Waals surface area contributed by atoms with Crippen molar-refractivity contribution in [2.45, 2.75) is 0 Å². The highest BCUT2D eigenvalue weighted by atomic mass is 16.6. The summed E-state index contributed by atoms with van der Waals surface area (Å²) in [5, 5.41) is 20.1. The van der Waals surface area contributed by atoms with Crippen molar-refractivity contribution < 1.29 is 24.3 Å². The van der Waals surface area contributed by atoms with Crippen LogP contribution in [0, 0.1) is 22.5 Å². The van der Waals surface area contributed by atoms with Crippen LogP contribution in [-0.2, 0) is 4.79 Å². The van der Waals surface area contributed by atoms with Crippen molar-refractivity contribution in [3.8, 4) is 23.8 Å². The Balaban J connectivity index is 3.45. The lowest BCUT2D eigenvalue weighted by Gasteiger charge is -2.21. The van der Waals surface area contributed by atoms with Gasteiger partial charge in [0.05, 0.1) is 31.8 Å². The SMILES string of the molecule is C#CCN(CC(=O)O)c1cc(OC)c(OC)cc1[N+](=O)[O-]. The average Bonchev–Trinajstić information content (AvgIpc) is 2.44. The molecule has 21 heavy (non-hydrogen) atoms. The minimum absolute atomic E-state index is 0.0537. The molecular formula is C13H14N2O6. The average molecular weight is 294 g/mol. The first-order chi connectivity index (χ1) is 9.94. The third kappa shape index (κ3) is 3.76. The minimum atomic E-state index is -1.16. The monoisotopic (exact) mass is 294 g/mol. The van der Waals surface area contributed by atoms with Crippen molar-refractivity contribution in [1.29, 1.82) is 0 Å². The second-order valence-electron chi connectivity index (χ2n) is 3.91. The van der Waals surface area contributed by atoms with Crippen molar-refractivity contribution in [2.24, 2.45) is 0 Å². The van der Waals surface area contributed by atoms with Gasteiger partial charge in [-0.2, -0.15) is 0 Å². The maximum Gasteiger partial charge on any atom is 0.323 e. The minimum Gasteiger partial charge on any atom is -0.493 e. The van der Waals surface area contributed by atoms with Gasteiger partial charge in [0.2, 0.25) is 0 Å². The number of nitrogens with zero attached hydrogens (tertiary/aromatic N) is 2. The van der Waals surface area contributed by atoms with Gasteiger partial charge in [-0.1, -0.05) is 5.92 Å². The summed E-state index contributed by atoms with van der Waals surface area (Å²) in [7, 11) is 2.72. The predicted molar refractivity (Wildman–Crippen MR) is 74.9 cm³/mol. The number of hydrogen-bond acceptors (Lipinski definition) is 6. The molecule has 0 saturated carbocycles. The van der Waals surface area contributed by atoms with Gasteiger partial charge in [0, 0.05) is 6.07 Å². The number of hydrogen-bond donors (Lipinski definition) is 1. The number of nitro benzene ring substituents is 1. The summed E-state index contributed by atoms with van der Waals surface area (Å²) < 4.78 is 10.1. The lowest BCUT2D eigenvalue weighted by atomic mass is 10.2. The van der Waals surface area contributed by atoms with Crippen LogP contribution < -0.4 is 14.4 Å². The molecule has 8 nitrogen and oxygen atoms in total. The van der Waals surface area contributed by atoms with E-state index in [1.165, 1.54) is 31.3 Å². The van der Waals surface area contributed by atoms with Crippen LogP contribution in [0.4, 0.5) is 11.4 Å². The molecule has 8 heteroatoms. The molecule has 1 N–H and O–H groups in total. The molecule has 112 valence electrons. The molecule has 0 heterocycles. The lowest BCUT2D eigenvalue weighted by Crippen LogP contribution is -2.30. The van der Waals surface area contributed by atoms with Gasteiger partial charge < -0.3 is 19.5 Å². The second kappa shape index (κ2) is 7.00. The highest BCUT2D eigenvalue weighted by Crippen LogP contribution is 2.39. The Kier molecular flexibility index (Phi) is 5.37. The molecule has 0 aliphatic rings. The topological polar surface area (TPSA) is 102 Å². The summed E-state index contributed by atoms with van der Waals surface area (Å²) in [6.45, 7) is -0.566. The molecule has 0 aliphatic carbocycles. The molecule has 0 aliphatic heterocycles. The maximum absolute atomic E-state index is 11.2. The molecule has 0 radical (unpaired) electrons. The first-order valence-corrected chi connectivity index (χ1v) is 5.75. The molecule has 0 bridgehead atoms. The third-order valence-electron chi connectivity index (χ3n) is 2.63. The number of benzene rings is 1. The van der Waals surface area contributed by atoms with Crippen molar-refractivity contribution in [1.82, 2.24) is 0 Å². The summed E-state index contributed by atoms with van der Waals surface area (Å²) in [5.74, 6) is 1.53. The zero-order valence-electron chi connectivity index (χ0n) is 11.5. The Labute approximate surface area is 121 Å². The maximum atomic E-state index is 11.2. The largest absolute Gasteiger partial charge is 0.493 e. The second-order valence-corrected chi connectivity index (χ2v) is 3.91. The molecule has 0 aromatic heterocycles. The van der Waals surface area contributed by atoms with E-state index in [1.807, 2.05) is 0 Å². The van der Waals surface area contributed by atoms with Crippen LogP contribution in [0.15, 0.2) is 12.1 Å². The Morgan fingerprint density at radius 2 is 2.00 bits per heavy atom. The lowest BCUT2D eigenvalue weighted by molar-refractivity contribution is -0.384. The number of terminal acetylenes is 1. The molecule has 0 spiro atoms. The normalized spacial score (nSPS) is 9.57. The number of carbonyl (C=O) groups is 1. The molecule has 1 rings (SSSR count). The summed E-state index contributed by atoms with van der Waals surface area (Å²) in [6, 6.07) is 2.50. The third-order valence-corrected chi connectivity index (χ3v) is 2.63. The van der Waals surface area contributed by atoms with Crippen LogP contribution in [0.1, 0.15) is 0 Å². The fraction of sp³-hybridized carbons (Fsp3) is 0.308. The van der Waals surface area contributed by atoms with Crippen molar-refractivity contribution in [2.75, 3.05) is 32.2 Å². The fourth-order valence-electron chi connectivity index (χ4n) is 1.76. The van der Waals surface area contributed by atoms with E-state index in [4.69, 9.17) is 21.0 Å². The number of methoxy groups -OCH3 is 2. The van der Waals surface area contributed by atoms with Gasteiger partial charge in [-0.25, -0.2) is 0 Å². The Morgan fingerprint density at radius 3 is 2.43 bits per heavy atom. The van der Waals surface area contributed by atoms with E-state index in [9.17, 15) is 14.9 Å². The summed E-state index contributed by atoms with van der Waals surface area (Å²) in [4.78, 5) is 22.6. The first-order valence-electron chi connectivity index (χ1n) is 5.75. The molecule has 0 unspecified atom stereocenters. The Bertz CT molecular complexity index is 593. The van der Waals surface area contributed by atoms with E-state index in [-0.39, 0.29) is 29.4 Å². The molecule has 0 atom stereocenters. The molecule has 1 aromatic carbocycles. The van der Waals surface area contributed by atoms with Crippen molar-refractivity contribution in [3.05, 3.63) is 22.2 Å². The zero-order chi connectivity index (χ0) is 16.0. The van der Waals surface area contributed by atoms with E-state index in [0.29, 0.717) is 0 Å². The number of anilines is 1. The van der Waals surface area contributed by atoms with E-state index >= 15 is 0 Å². The van der Waals surface area contributed by atoms with Gasteiger partial charge in [0.25, 0.3) is 5.69 Å².